The zero-order chi connectivity index (χ0) is 21.8. The maximum atomic E-state index is 12.7. The standard InChI is InChI=1S/C22H29N3O5/c1-14(2)19(21(28)29)23-18(26)10-4-3-7-11-24-20(27)17-12-15-8-5-6-9-16(15)13-25(17)22(24)30/h5-6,8-9,14,17,19H,3-4,7,10-13H2,1-2H3,(H,23,26)(H,28,29)/t17-,19+/m0/s1. The van der Waals surface area contributed by atoms with E-state index in [1.807, 2.05) is 24.3 Å². The highest BCUT2D eigenvalue weighted by atomic mass is 16.4. The van der Waals surface area contributed by atoms with Crippen LogP contribution in [-0.4, -0.2) is 57.3 Å². The minimum absolute atomic E-state index is 0.145. The molecular weight excluding hydrogens is 386 g/mol. The number of carboxylic acids is 1. The Morgan fingerprint density at radius 1 is 1.13 bits per heavy atom. The summed E-state index contributed by atoms with van der Waals surface area (Å²) in [7, 11) is 0. The molecule has 8 nitrogen and oxygen atoms in total. The summed E-state index contributed by atoms with van der Waals surface area (Å²) < 4.78 is 0. The monoisotopic (exact) mass is 415 g/mol. The summed E-state index contributed by atoms with van der Waals surface area (Å²) in [6, 6.07) is 6.34. The van der Waals surface area contributed by atoms with Crippen molar-refractivity contribution in [3.63, 3.8) is 0 Å². The van der Waals surface area contributed by atoms with Crippen LogP contribution in [0.25, 0.3) is 0 Å². The van der Waals surface area contributed by atoms with Gasteiger partial charge in [0.1, 0.15) is 12.1 Å². The molecule has 2 atom stereocenters. The number of imide groups is 1. The number of carboxylic acid groups (broad SMARTS) is 1. The van der Waals surface area contributed by atoms with Gasteiger partial charge in [0.15, 0.2) is 0 Å². The smallest absolute Gasteiger partial charge is 0.327 e. The fraction of sp³-hybridized carbons (Fsp3) is 0.545. The Morgan fingerprint density at radius 2 is 1.83 bits per heavy atom. The van der Waals surface area contributed by atoms with E-state index in [2.05, 4.69) is 5.32 Å². The van der Waals surface area contributed by atoms with E-state index in [1.54, 1.807) is 18.7 Å². The van der Waals surface area contributed by atoms with Crippen molar-refractivity contribution in [3.05, 3.63) is 35.4 Å². The molecule has 0 aliphatic carbocycles. The van der Waals surface area contributed by atoms with Crippen molar-refractivity contribution in [3.8, 4) is 0 Å². The highest BCUT2D eigenvalue weighted by Crippen LogP contribution is 2.30. The number of nitrogens with zero attached hydrogens (tertiary/aromatic N) is 2. The molecule has 1 fully saturated rings. The first-order valence-electron chi connectivity index (χ1n) is 10.5. The molecule has 0 saturated carbocycles. The molecule has 162 valence electrons. The fourth-order valence-electron chi connectivity index (χ4n) is 4.07. The first kappa shape index (κ1) is 21.8. The Balaban J connectivity index is 1.43. The number of aliphatic carboxylic acids is 1. The molecule has 4 amide bonds. The van der Waals surface area contributed by atoms with Gasteiger partial charge >= 0.3 is 12.0 Å². The summed E-state index contributed by atoms with van der Waals surface area (Å²) in [4.78, 5) is 51.5. The largest absolute Gasteiger partial charge is 0.480 e. The van der Waals surface area contributed by atoms with Crippen LogP contribution in [0.4, 0.5) is 4.79 Å². The fourth-order valence-corrected chi connectivity index (χ4v) is 4.07. The summed E-state index contributed by atoms with van der Waals surface area (Å²) in [5.41, 5.74) is 2.21. The van der Waals surface area contributed by atoms with Gasteiger partial charge in [0.25, 0.3) is 5.91 Å². The maximum Gasteiger partial charge on any atom is 0.327 e. The third-order valence-corrected chi connectivity index (χ3v) is 5.81. The second kappa shape index (κ2) is 9.28. The number of urea groups is 1. The third kappa shape index (κ3) is 4.63. The molecular formula is C22H29N3O5. The number of hydrogen-bond donors (Lipinski definition) is 2. The lowest BCUT2D eigenvalue weighted by Crippen LogP contribution is -2.44. The van der Waals surface area contributed by atoms with E-state index in [9.17, 15) is 19.2 Å². The average molecular weight is 415 g/mol. The van der Waals surface area contributed by atoms with Gasteiger partial charge in [-0.3, -0.25) is 14.5 Å². The van der Waals surface area contributed by atoms with Crippen LogP contribution in [-0.2, 0) is 27.3 Å². The highest BCUT2D eigenvalue weighted by molar-refractivity contribution is 6.04. The molecule has 0 radical (unpaired) electrons. The second-order valence-electron chi connectivity index (χ2n) is 8.33. The van der Waals surface area contributed by atoms with Gasteiger partial charge in [-0.1, -0.05) is 44.5 Å². The van der Waals surface area contributed by atoms with E-state index in [0.717, 1.165) is 11.1 Å². The zero-order valence-corrected chi connectivity index (χ0v) is 17.5. The van der Waals surface area contributed by atoms with Gasteiger partial charge in [0.2, 0.25) is 5.91 Å². The van der Waals surface area contributed by atoms with Crippen molar-refractivity contribution in [2.45, 2.75) is 64.6 Å². The molecule has 0 spiro atoms. The van der Waals surface area contributed by atoms with Crippen LogP contribution in [0, 0.1) is 5.92 Å². The van der Waals surface area contributed by atoms with Gasteiger partial charge in [-0.2, -0.15) is 0 Å². The van der Waals surface area contributed by atoms with Crippen molar-refractivity contribution in [1.29, 1.82) is 0 Å². The Labute approximate surface area is 176 Å². The topological polar surface area (TPSA) is 107 Å². The number of rotatable bonds is 9. The van der Waals surface area contributed by atoms with Gasteiger partial charge in [-0.25, -0.2) is 9.59 Å². The molecule has 1 saturated heterocycles. The number of carbonyl (C=O) groups excluding carboxylic acids is 3. The van der Waals surface area contributed by atoms with Crippen molar-refractivity contribution in [1.82, 2.24) is 15.1 Å². The van der Waals surface area contributed by atoms with E-state index >= 15 is 0 Å². The molecule has 0 unspecified atom stereocenters. The maximum absolute atomic E-state index is 12.7. The number of hydrogen-bond acceptors (Lipinski definition) is 4. The predicted molar refractivity (Wildman–Crippen MR) is 109 cm³/mol. The van der Waals surface area contributed by atoms with Crippen molar-refractivity contribution in [2.75, 3.05) is 6.54 Å². The van der Waals surface area contributed by atoms with Gasteiger partial charge < -0.3 is 15.3 Å². The number of fused-ring (bicyclic) bond motifs is 2. The van der Waals surface area contributed by atoms with Crippen LogP contribution in [0.5, 0.6) is 0 Å². The molecule has 2 N–H and O–H groups in total. The molecule has 8 heteroatoms. The van der Waals surface area contributed by atoms with Gasteiger partial charge in [0.05, 0.1) is 0 Å². The number of nitrogens with one attached hydrogen (secondary N) is 1. The molecule has 0 bridgehead atoms. The summed E-state index contributed by atoms with van der Waals surface area (Å²) in [6.07, 6.45) is 2.64. The van der Waals surface area contributed by atoms with Gasteiger partial charge in [-0.05, 0) is 29.9 Å². The van der Waals surface area contributed by atoms with Crippen LogP contribution in [0.15, 0.2) is 24.3 Å². The Morgan fingerprint density at radius 3 is 2.50 bits per heavy atom. The summed E-state index contributed by atoms with van der Waals surface area (Å²) >= 11 is 0. The first-order valence-corrected chi connectivity index (χ1v) is 10.5. The molecule has 0 aromatic heterocycles. The molecule has 1 aromatic rings. The Bertz CT molecular complexity index is 795. The van der Waals surface area contributed by atoms with Crippen molar-refractivity contribution in [2.24, 2.45) is 5.92 Å². The lowest BCUT2D eigenvalue weighted by atomic mass is 9.95. The van der Waals surface area contributed by atoms with E-state index in [0.29, 0.717) is 38.8 Å². The highest BCUT2D eigenvalue weighted by Gasteiger charge is 2.46. The van der Waals surface area contributed by atoms with Crippen LogP contribution >= 0.6 is 0 Å². The van der Waals surface area contributed by atoms with Gasteiger partial charge in [-0.15, -0.1) is 0 Å². The third-order valence-electron chi connectivity index (χ3n) is 5.81. The zero-order valence-electron chi connectivity index (χ0n) is 17.5. The molecule has 2 aliphatic heterocycles. The van der Waals surface area contributed by atoms with Crippen LogP contribution in [0.2, 0.25) is 0 Å². The van der Waals surface area contributed by atoms with E-state index < -0.39 is 18.1 Å². The molecule has 2 aliphatic rings. The summed E-state index contributed by atoms with van der Waals surface area (Å²) in [5.74, 6) is -1.67. The van der Waals surface area contributed by atoms with E-state index in [1.165, 1.54) is 4.90 Å². The minimum atomic E-state index is -1.04. The Kier molecular flexibility index (Phi) is 6.74. The minimum Gasteiger partial charge on any atom is -0.480 e. The molecule has 1 aromatic carbocycles. The van der Waals surface area contributed by atoms with Crippen molar-refractivity contribution >= 4 is 23.8 Å². The van der Waals surface area contributed by atoms with Crippen LogP contribution in [0.1, 0.15) is 50.7 Å². The van der Waals surface area contributed by atoms with Crippen LogP contribution < -0.4 is 5.32 Å². The molecule has 3 rings (SSSR count). The lowest BCUT2D eigenvalue weighted by molar-refractivity contribution is -0.143. The van der Waals surface area contributed by atoms with E-state index in [-0.39, 0.29) is 30.2 Å². The normalized spacial score (nSPS) is 19.0. The number of unbranched alkanes of at least 4 members (excludes halogenated alkanes) is 2. The predicted octanol–water partition coefficient (Wildman–Crippen LogP) is 2.16. The number of amides is 4. The van der Waals surface area contributed by atoms with E-state index in [4.69, 9.17) is 5.11 Å². The van der Waals surface area contributed by atoms with Crippen molar-refractivity contribution < 1.29 is 24.3 Å². The second-order valence-corrected chi connectivity index (χ2v) is 8.33. The average Bonchev–Trinajstić information content (AvgIpc) is 2.93. The summed E-state index contributed by atoms with van der Waals surface area (Å²) in [6.45, 7) is 4.29. The Hall–Kier alpha value is -2.90. The molecule has 2 heterocycles. The lowest BCUT2D eigenvalue weighted by Gasteiger charge is -2.28. The SMILES string of the molecule is CC(C)[C@@H](NC(=O)CCCCCN1C(=O)[C@@H]2Cc3ccccc3CN2C1=O)C(=O)O. The first-order chi connectivity index (χ1) is 14.3. The van der Waals surface area contributed by atoms with Crippen LogP contribution in [0.3, 0.4) is 0 Å². The number of carbonyl (C=O) groups is 4. The van der Waals surface area contributed by atoms with Gasteiger partial charge in [0, 0.05) is 25.9 Å². The molecule has 30 heavy (non-hydrogen) atoms. The quantitative estimate of drug-likeness (QED) is 0.475. The summed E-state index contributed by atoms with van der Waals surface area (Å²) in [5, 5.41) is 11.7. The number of benzene rings is 1.